The minimum atomic E-state index is -2.24. The van der Waals surface area contributed by atoms with Crippen LogP contribution in [0.4, 0.5) is 0 Å². The summed E-state index contributed by atoms with van der Waals surface area (Å²) in [6.07, 6.45) is 2.55. The first-order chi connectivity index (χ1) is 13.0. The molecule has 0 N–H and O–H groups in total. The standard InChI is InChI=1S/C15H34O8Si4/c1-24-20-26(8-4-6-16-10-14-12-18-14)21-25(2)23-27(3,22-24)9-5-7-17-11-15-13-19-15/h14-15,24-26H,4-13H2,1-3H3. The molecule has 0 amide bonds. The summed E-state index contributed by atoms with van der Waals surface area (Å²) in [6.45, 7) is 10.9. The summed E-state index contributed by atoms with van der Waals surface area (Å²) in [6, 6.07) is 1.87. The van der Waals surface area contributed by atoms with E-state index in [1.165, 1.54) is 0 Å². The Kier molecular flexibility index (Phi) is 9.12. The van der Waals surface area contributed by atoms with E-state index in [0.717, 1.165) is 51.4 Å². The fraction of sp³-hybridized carbons (Fsp3) is 1.00. The maximum Gasteiger partial charge on any atom is 0.317 e. The maximum absolute atomic E-state index is 6.38. The maximum atomic E-state index is 6.38. The van der Waals surface area contributed by atoms with Crippen LogP contribution in [0.25, 0.3) is 0 Å². The smallest absolute Gasteiger partial charge is 0.317 e. The van der Waals surface area contributed by atoms with Crippen LogP contribution in [0.3, 0.4) is 0 Å². The second-order valence-electron chi connectivity index (χ2n) is 7.51. The highest BCUT2D eigenvalue weighted by molar-refractivity contribution is 6.81. The van der Waals surface area contributed by atoms with Gasteiger partial charge in [0, 0.05) is 13.2 Å². The summed E-state index contributed by atoms with van der Waals surface area (Å²) >= 11 is 0. The van der Waals surface area contributed by atoms with Gasteiger partial charge in [-0.25, -0.2) is 0 Å². The number of epoxide rings is 2. The van der Waals surface area contributed by atoms with Crippen molar-refractivity contribution in [3.63, 3.8) is 0 Å². The van der Waals surface area contributed by atoms with Gasteiger partial charge < -0.3 is 35.4 Å². The van der Waals surface area contributed by atoms with Crippen molar-refractivity contribution >= 4 is 36.4 Å². The lowest BCUT2D eigenvalue weighted by Gasteiger charge is -2.37. The minimum absolute atomic E-state index is 0.322. The molecule has 4 unspecified atom stereocenters. The average molecular weight is 455 g/mol. The molecular formula is C15H34O8Si4. The van der Waals surface area contributed by atoms with Crippen molar-refractivity contribution in [3.8, 4) is 0 Å². The molecule has 0 saturated carbocycles. The summed E-state index contributed by atoms with van der Waals surface area (Å²) in [5.74, 6) is 0. The Balaban J connectivity index is 1.32. The van der Waals surface area contributed by atoms with E-state index in [0.29, 0.717) is 25.4 Å². The Morgan fingerprint density at radius 3 is 1.93 bits per heavy atom. The van der Waals surface area contributed by atoms with Crippen LogP contribution in [0.1, 0.15) is 12.8 Å². The van der Waals surface area contributed by atoms with Gasteiger partial charge in [0.1, 0.15) is 12.2 Å². The zero-order valence-electron chi connectivity index (χ0n) is 16.7. The van der Waals surface area contributed by atoms with Crippen LogP contribution >= 0.6 is 0 Å². The molecule has 0 aromatic heterocycles. The van der Waals surface area contributed by atoms with E-state index in [1.54, 1.807) is 0 Å². The van der Waals surface area contributed by atoms with Crippen molar-refractivity contribution in [3.05, 3.63) is 0 Å². The molecule has 3 saturated heterocycles. The zero-order chi connectivity index (χ0) is 19.1. The number of rotatable bonds is 12. The first kappa shape index (κ1) is 22.2. The van der Waals surface area contributed by atoms with E-state index in [4.69, 9.17) is 35.4 Å². The summed E-state index contributed by atoms with van der Waals surface area (Å²) < 4.78 is 46.8. The third-order valence-corrected chi connectivity index (χ3v) is 18.9. The topological polar surface area (TPSA) is 80.4 Å². The SMILES string of the molecule is C[SiH]1O[SiH](CCCOCC2CO2)O[SiH](C)O[Si](C)(CCCOCC2CO2)O1. The number of ether oxygens (including phenoxy) is 4. The van der Waals surface area contributed by atoms with E-state index < -0.39 is 36.4 Å². The predicted molar refractivity (Wildman–Crippen MR) is 109 cm³/mol. The fourth-order valence-corrected chi connectivity index (χ4v) is 18.5. The van der Waals surface area contributed by atoms with Gasteiger partial charge in [0.15, 0.2) is 0 Å². The third-order valence-electron chi connectivity index (χ3n) is 4.58. The van der Waals surface area contributed by atoms with Crippen molar-refractivity contribution in [1.82, 2.24) is 0 Å². The molecule has 0 spiro atoms. The lowest BCUT2D eigenvalue weighted by atomic mass is 10.5. The molecule has 3 fully saturated rings. The largest absolute Gasteiger partial charge is 0.420 e. The molecule has 0 bridgehead atoms. The molecule has 0 aromatic rings. The van der Waals surface area contributed by atoms with Crippen molar-refractivity contribution in [1.29, 1.82) is 0 Å². The van der Waals surface area contributed by atoms with E-state index in [2.05, 4.69) is 19.6 Å². The molecule has 3 aliphatic rings. The van der Waals surface area contributed by atoms with Crippen LogP contribution < -0.4 is 0 Å². The van der Waals surface area contributed by atoms with E-state index in [9.17, 15) is 0 Å². The Labute approximate surface area is 168 Å². The molecule has 8 nitrogen and oxygen atoms in total. The lowest BCUT2D eigenvalue weighted by Crippen LogP contribution is -2.53. The molecule has 27 heavy (non-hydrogen) atoms. The second-order valence-corrected chi connectivity index (χ2v) is 18.1. The van der Waals surface area contributed by atoms with Crippen molar-refractivity contribution in [2.24, 2.45) is 0 Å². The van der Waals surface area contributed by atoms with E-state index >= 15 is 0 Å². The highest BCUT2D eigenvalue weighted by Gasteiger charge is 2.39. The number of hydrogen-bond acceptors (Lipinski definition) is 8. The monoisotopic (exact) mass is 454 g/mol. The van der Waals surface area contributed by atoms with Crippen LogP contribution in [0, 0.1) is 0 Å². The van der Waals surface area contributed by atoms with Crippen molar-refractivity contribution in [2.75, 3.05) is 39.6 Å². The van der Waals surface area contributed by atoms with Gasteiger partial charge in [-0.1, -0.05) is 0 Å². The van der Waals surface area contributed by atoms with E-state index in [-0.39, 0.29) is 0 Å². The summed E-state index contributed by atoms with van der Waals surface area (Å²) in [7, 11) is -7.43. The van der Waals surface area contributed by atoms with Gasteiger partial charge in [-0.05, 0) is 44.6 Å². The number of hydrogen-bond donors (Lipinski definition) is 0. The molecule has 3 heterocycles. The molecule has 0 aliphatic carbocycles. The summed E-state index contributed by atoms with van der Waals surface area (Å²) in [5.41, 5.74) is 0. The molecule has 3 aliphatic heterocycles. The van der Waals surface area contributed by atoms with E-state index in [1.807, 2.05) is 0 Å². The van der Waals surface area contributed by atoms with Crippen LogP contribution in [0.5, 0.6) is 0 Å². The summed E-state index contributed by atoms with van der Waals surface area (Å²) in [5, 5.41) is 0. The summed E-state index contributed by atoms with van der Waals surface area (Å²) in [4.78, 5) is 0. The van der Waals surface area contributed by atoms with Crippen molar-refractivity contribution < 1.29 is 35.4 Å². The lowest BCUT2D eigenvalue weighted by molar-refractivity contribution is 0.115. The molecule has 3 rings (SSSR count). The fourth-order valence-electron chi connectivity index (χ4n) is 3.10. The van der Waals surface area contributed by atoms with Crippen LogP contribution in [0.15, 0.2) is 0 Å². The van der Waals surface area contributed by atoms with Gasteiger partial charge in [-0.2, -0.15) is 0 Å². The van der Waals surface area contributed by atoms with Gasteiger partial charge in [-0.3, -0.25) is 0 Å². The second kappa shape index (κ2) is 11.1. The van der Waals surface area contributed by atoms with Gasteiger partial charge in [0.2, 0.25) is 0 Å². The molecule has 0 radical (unpaired) electrons. The quantitative estimate of drug-likeness (QED) is 0.242. The predicted octanol–water partition coefficient (Wildman–Crippen LogP) is 0.671. The molecule has 4 atom stereocenters. The molecule has 12 heteroatoms. The van der Waals surface area contributed by atoms with Crippen molar-refractivity contribution in [2.45, 2.75) is 56.8 Å². The Bertz CT molecular complexity index is 426. The third kappa shape index (κ3) is 9.27. The molecule has 0 aromatic carbocycles. The van der Waals surface area contributed by atoms with Crippen LogP contribution in [0.2, 0.25) is 31.7 Å². The zero-order valence-corrected chi connectivity index (χ0v) is 21.2. The van der Waals surface area contributed by atoms with Gasteiger partial charge in [0.05, 0.1) is 26.4 Å². The minimum Gasteiger partial charge on any atom is -0.420 e. The average Bonchev–Trinajstić information content (AvgIpc) is 3.47. The normalized spacial score (nSPS) is 39.0. The van der Waals surface area contributed by atoms with Gasteiger partial charge in [-0.15, -0.1) is 0 Å². The molecular weight excluding hydrogens is 421 g/mol. The Morgan fingerprint density at radius 2 is 1.41 bits per heavy atom. The Morgan fingerprint density at radius 1 is 0.889 bits per heavy atom. The highest BCUT2D eigenvalue weighted by Crippen LogP contribution is 2.23. The van der Waals surface area contributed by atoms with Gasteiger partial charge in [0.25, 0.3) is 18.6 Å². The van der Waals surface area contributed by atoms with Crippen LogP contribution in [-0.4, -0.2) is 88.3 Å². The Hall–Kier alpha value is 0.548. The van der Waals surface area contributed by atoms with Gasteiger partial charge >= 0.3 is 17.8 Å². The molecule has 158 valence electrons. The first-order valence-electron chi connectivity index (χ1n) is 10.1. The first-order valence-corrected chi connectivity index (χ1v) is 18.6. The highest BCUT2D eigenvalue weighted by atomic mass is 28.5. The van der Waals surface area contributed by atoms with Crippen LogP contribution in [-0.2, 0) is 35.4 Å².